The molecule has 1 atom stereocenters. The van der Waals surface area contributed by atoms with Crippen LogP contribution >= 0.6 is 11.6 Å². The van der Waals surface area contributed by atoms with Crippen molar-refractivity contribution in [1.29, 1.82) is 0 Å². The average Bonchev–Trinajstić information content (AvgIpc) is 3.50. The van der Waals surface area contributed by atoms with Crippen LogP contribution < -0.4 is 10.5 Å². The second kappa shape index (κ2) is 9.41. The predicted molar refractivity (Wildman–Crippen MR) is 142 cm³/mol. The summed E-state index contributed by atoms with van der Waals surface area (Å²) < 4.78 is 7.83. The fourth-order valence-corrected chi connectivity index (χ4v) is 5.19. The predicted octanol–water partition coefficient (Wildman–Crippen LogP) is 5.04. The molecule has 9 heteroatoms. The van der Waals surface area contributed by atoms with Gasteiger partial charge >= 0.3 is 0 Å². The number of imidazole rings is 1. The maximum absolute atomic E-state index is 12.3. The Hall–Kier alpha value is -4.09. The minimum absolute atomic E-state index is 0.0550. The lowest BCUT2D eigenvalue weighted by Gasteiger charge is -2.12. The van der Waals surface area contributed by atoms with Crippen molar-refractivity contribution in [2.24, 2.45) is 0 Å². The van der Waals surface area contributed by atoms with Gasteiger partial charge in [0.2, 0.25) is 11.8 Å². The molecule has 4 heterocycles. The van der Waals surface area contributed by atoms with E-state index in [9.17, 15) is 4.79 Å². The Balaban J connectivity index is 1.33. The molecule has 2 fully saturated rings. The molecule has 1 unspecified atom stereocenters. The molecule has 0 spiro atoms. The molecule has 1 aromatic carbocycles. The first kappa shape index (κ1) is 23.3. The zero-order valence-electron chi connectivity index (χ0n) is 20.3. The van der Waals surface area contributed by atoms with Crippen LogP contribution in [0.4, 0.5) is 5.95 Å². The van der Waals surface area contributed by atoms with E-state index >= 15 is 0 Å². The third-order valence-corrected chi connectivity index (χ3v) is 7.23. The van der Waals surface area contributed by atoms with Crippen molar-refractivity contribution in [3.8, 4) is 34.9 Å². The van der Waals surface area contributed by atoms with Crippen LogP contribution in [-0.2, 0) is 4.79 Å². The number of nitrogens with zero attached hydrogens (tertiary/aromatic N) is 5. The van der Waals surface area contributed by atoms with Crippen LogP contribution in [0.5, 0.6) is 11.6 Å². The molecule has 37 heavy (non-hydrogen) atoms. The topological polar surface area (TPSA) is 98.6 Å². The van der Waals surface area contributed by atoms with Crippen molar-refractivity contribution < 1.29 is 9.53 Å². The number of nitrogens with two attached hydrogens (primary N) is 1. The molecule has 1 saturated carbocycles. The SMILES string of the molecule is CC#CC(=O)N1CCC(c2nc(-c3ccc(Oc4cc(C5CC5)ccn4)cc3Cl)n3c(N)nccc23)C1. The number of carbonyl (C=O) groups is 1. The van der Waals surface area contributed by atoms with Gasteiger partial charge in [0.25, 0.3) is 5.91 Å². The lowest BCUT2D eigenvalue weighted by molar-refractivity contribution is -0.124. The van der Waals surface area contributed by atoms with Gasteiger partial charge in [-0.25, -0.2) is 15.0 Å². The van der Waals surface area contributed by atoms with Crippen molar-refractivity contribution in [2.45, 2.75) is 38.0 Å². The van der Waals surface area contributed by atoms with Crippen LogP contribution in [0.1, 0.15) is 49.3 Å². The molecule has 3 aromatic heterocycles. The van der Waals surface area contributed by atoms with Crippen molar-refractivity contribution in [3.05, 3.63) is 65.1 Å². The highest BCUT2D eigenvalue weighted by molar-refractivity contribution is 6.33. The number of amides is 1. The van der Waals surface area contributed by atoms with Gasteiger partial charge in [0.1, 0.15) is 11.6 Å². The summed E-state index contributed by atoms with van der Waals surface area (Å²) >= 11 is 6.76. The summed E-state index contributed by atoms with van der Waals surface area (Å²) in [4.78, 5) is 27.7. The number of fused-ring (bicyclic) bond motifs is 1. The maximum Gasteiger partial charge on any atom is 0.298 e. The second-order valence-electron chi connectivity index (χ2n) is 9.40. The van der Waals surface area contributed by atoms with Gasteiger partial charge in [-0.1, -0.05) is 17.5 Å². The van der Waals surface area contributed by atoms with E-state index in [0.29, 0.717) is 53.0 Å². The van der Waals surface area contributed by atoms with E-state index in [1.165, 1.54) is 18.4 Å². The monoisotopic (exact) mass is 512 g/mol. The number of pyridine rings is 1. The van der Waals surface area contributed by atoms with E-state index in [-0.39, 0.29) is 11.8 Å². The molecule has 186 valence electrons. The Morgan fingerprint density at radius 1 is 1.11 bits per heavy atom. The Morgan fingerprint density at radius 3 is 2.73 bits per heavy atom. The molecule has 4 aromatic rings. The number of anilines is 1. The third kappa shape index (κ3) is 4.47. The van der Waals surface area contributed by atoms with Crippen LogP contribution in [0.15, 0.2) is 48.8 Å². The summed E-state index contributed by atoms with van der Waals surface area (Å²) in [6, 6.07) is 11.4. The fraction of sp³-hybridized carbons (Fsp3) is 0.286. The summed E-state index contributed by atoms with van der Waals surface area (Å²) in [5, 5.41) is 0.471. The molecule has 1 saturated heterocycles. The highest BCUT2D eigenvalue weighted by Crippen LogP contribution is 2.41. The van der Waals surface area contributed by atoms with Gasteiger partial charge in [-0.05, 0) is 67.9 Å². The Bertz CT molecular complexity index is 1580. The number of ether oxygens (including phenoxy) is 1. The Morgan fingerprint density at radius 2 is 1.95 bits per heavy atom. The second-order valence-corrected chi connectivity index (χ2v) is 9.81. The molecular formula is C28H25ClN6O2. The van der Waals surface area contributed by atoms with E-state index in [1.807, 2.05) is 34.7 Å². The summed E-state index contributed by atoms with van der Waals surface area (Å²) in [5.41, 5.74) is 9.97. The van der Waals surface area contributed by atoms with Crippen LogP contribution in [-0.4, -0.2) is 43.2 Å². The molecule has 2 N–H and O–H groups in total. The molecule has 8 nitrogen and oxygen atoms in total. The lowest BCUT2D eigenvalue weighted by Crippen LogP contribution is -2.26. The third-order valence-electron chi connectivity index (χ3n) is 6.92. The number of hydrogen-bond acceptors (Lipinski definition) is 6. The van der Waals surface area contributed by atoms with Gasteiger partial charge in [0.15, 0.2) is 0 Å². The van der Waals surface area contributed by atoms with E-state index in [1.54, 1.807) is 30.3 Å². The first-order valence-electron chi connectivity index (χ1n) is 12.3. The van der Waals surface area contributed by atoms with Gasteiger partial charge in [0.05, 0.1) is 16.2 Å². The largest absolute Gasteiger partial charge is 0.439 e. The van der Waals surface area contributed by atoms with Crippen LogP contribution in [0, 0.1) is 11.8 Å². The van der Waals surface area contributed by atoms with E-state index in [0.717, 1.165) is 17.6 Å². The number of rotatable bonds is 5. The normalized spacial score (nSPS) is 17.0. The van der Waals surface area contributed by atoms with Gasteiger partial charge in [-0.3, -0.25) is 9.20 Å². The minimum atomic E-state index is -0.161. The van der Waals surface area contributed by atoms with Crippen LogP contribution in [0.25, 0.3) is 16.9 Å². The van der Waals surface area contributed by atoms with E-state index in [4.69, 9.17) is 27.1 Å². The smallest absolute Gasteiger partial charge is 0.298 e. The number of aromatic nitrogens is 4. The van der Waals surface area contributed by atoms with Crippen LogP contribution in [0.2, 0.25) is 5.02 Å². The zero-order valence-corrected chi connectivity index (χ0v) is 21.1. The minimum Gasteiger partial charge on any atom is -0.439 e. The first-order chi connectivity index (χ1) is 18.0. The highest BCUT2D eigenvalue weighted by atomic mass is 35.5. The Kier molecular flexibility index (Phi) is 5.93. The molecule has 1 aliphatic heterocycles. The zero-order chi connectivity index (χ0) is 25.5. The van der Waals surface area contributed by atoms with E-state index in [2.05, 4.69) is 21.8 Å². The molecular weight excluding hydrogens is 488 g/mol. The molecule has 1 amide bonds. The first-order valence-corrected chi connectivity index (χ1v) is 12.7. The van der Waals surface area contributed by atoms with Gasteiger partial charge in [-0.2, -0.15) is 0 Å². The summed E-state index contributed by atoms with van der Waals surface area (Å²) in [5.74, 6) is 7.86. The lowest BCUT2D eigenvalue weighted by atomic mass is 10.0. The van der Waals surface area contributed by atoms with Gasteiger partial charge < -0.3 is 15.4 Å². The number of likely N-dealkylation sites (tertiary alicyclic amines) is 1. The molecule has 2 aliphatic rings. The quantitative estimate of drug-likeness (QED) is 0.376. The maximum atomic E-state index is 12.3. The van der Waals surface area contributed by atoms with Crippen molar-refractivity contribution in [3.63, 3.8) is 0 Å². The average molecular weight is 513 g/mol. The van der Waals surface area contributed by atoms with E-state index < -0.39 is 0 Å². The number of carbonyl (C=O) groups excluding carboxylic acids is 1. The summed E-state index contributed by atoms with van der Waals surface area (Å²) in [6.45, 7) is 2.85. The number of hydrogen-bond donors (Lipinski definition) is 1. The van der Waals surface area contributed by atoms with Gasteiger partial charge in [0, 0.05) is 49.1 Å². The van der Waals surface area contributed by atoms with Crippen molar-refractivity contribution in [1.82, 2.24) is 24.3 Å². The highest BCUT2D eigenvalue weighted by Gasteiger charge is 2.31. The fourth-order valence-electron chi connectivity index (χ4n) is 4.93. The molecule has 6 rings (SSSR count). The van der Waals surface area contributed by atoms with Crippen molar-refractivity contribution >= 4 is 29.0 Å². The summed E-state index contributed by atoms with van der Waals surface area (Å²) in [7, 11) is 0. The van der Waals surface area contributed by atoms with Crippen LogP contribution in [0.3, 0.4) is 0 Å². The standard InChI is InChI=1S/C28H25ClN6O2/c1-2-3-25(36)34-13-10-19(16-34)26-23-9-12-32-28(30)35(23)27(33-26)21-7-6-20(15-22(21)29)37-24-14-18(8-11-31-24)17-4-5-17/h6-9,11-12,14-15,17,19H,4-5,10,13,16H2,1H3,(H2,30,32). The number of halogens is 1. The summed E-state index contributed by atoms with van der Waals surface area (Å²) in [6.07, 6.45) is 6.66. The Labute approximate surface area is 219 Å². The number of benzene rings is 1. The molecule has 1 aliphatic carbocycles. The van der Waals surface area contributed by atoms with Gasteiger partial charge in [-0.15, -0.1) is 0 Å². The molecule has 0 radical (unpaired) electrons. The molecule has 0 bridgehead atoms. The number of nitrogen functional groups attached to an aromatic ring is 1. The van der Waals surface area contributed by atoms with Crippen molar-refractivity contribution in [2.75, 3.05) is 18.8 Å².